The van der Waals surface area contributed by atoms with Crippen molar-refractivity contribution in [2.45, 2.75) is 17.0 Å². The summed E-state index contributed by atoms with van der Waals surface area (Å²) in [4.78, 5) is 19.5. The zero-order chi connectivity index (χ0) is 11.5. The molecule has 4 nitrogen and oxygen atoms in total. The number of aryl methyl sites for hydroxylation is 1. The summed E-state index contributed by atoms with van der Waals surface area (Å²) in [6.45, 7) is 1.72. The predicted molar refractivity (Wildman–Crippen MR) is 65.5 cm³/mol. The highest BCUT2D eigenvalue weighted by atomic mass is 32.2. The number of hydrogen-bond acceptors (Lipinski definition) is 6. The van der Waals surface area contributed by atoms with Crippen LogP contribution in [-0.4, -0.2) is 21.0 Å². The van der Waals surface area contributed by atoms with Crippen LogP contribution in [0.15, 0.2) is 15.2 Å². The maximum atomic E-state index is 10.8. The molecule has 0 saturated carbocycles. The van der Waals surface area contributed by atoms with Crippen LogP contribution in [0, 0.1) is 6.92 Å². The van der Waals surface area contributed by atoms with Crippen LogP contribution in [0.4, 0.5) is 0 Å². The van der Waals surface area contributed by atoms with Crippen LogP contribution < -0.4 is 0 Å². The third-order valence-electron chi connectivity index (χ3n) is 1.80. The fraction of sp³-hybridized carbons (Fsp3) is 0.222. The zero-order valence-electron chi connectivity index (χ0n) is 8.34. The number of aromatic nitrogens is 2. The Hall–Kier alpha value is -0.920. The summed E-state index contributed by atoms with van der Waals surface area (Å²) < 4.78 is 0.780. The summed E-state index contributed by atoms with van der Waals surface area (Å²) in [7, 11) is 0. The molecule has 7 heteroatoms. The Morgan fingerprint density at radius 1 is 1.62 bits per heavy atom. The van der Waals surface area contributed by atoms with Crippen molar-refractivity contribution in [1.82, 2.24) is 9.97 Å². The minimum atomic E-state index is -0.907. The second-order valence-corrected chi connectivity index (χ2v) is 5.91. The summed E-state index contributed by atoms with van der Waals surface area (Å²) in [5, 5.41) is 10.9. The van der Waals surface area contributed by atoms with Crippen LogP contribution in [0.2, 0.25) is 0 Å². The van der Waals surface area contributed by atoms with Crippen LogP contribution >= 0.6 is 34.4 Å². The Balaban J connectivity index is 2.05. The Bertz CT molecular complexity index is 493. The lowest BCUT2D eigenvalue weighted by Gasteiger charge is -1.91. The van der Waals surface area contributed by atoms with Crippen molar-refractivity contribution in [3.63, 3.8) is 0 Å². The summed E-state index contributed by atoms with van der Waals surface area (Å²) in [5.41, 5.74) is 3.36. The Morgan fingerprint density at radius 2 is 2.44 bits per heavy atom. The second-order valence-electron chi connectivity index (χ2n) is 2.97. The number of thiazole rings is 2. The molecule has 0 aliphatic carbocycles. The van der Waals surface area contributed by atoms with Gasteiger partial charge in [-0.2, -0.15) is 0 Å². The van der Waals surface area contributed by atoms with Gasteiger partial charge in [0.15, 0.2) is 4.34 Å². The first-order chi connectivity index (χ1) is 7.66. The minimum Gasteiger partial charge on any atom is -0.477 e. The van der Waals surface area contributed by atoms with E-state index in [4.69, 9.17) is 5.11 Å². The minimum absolute atomic E-state index is 0.320. The molecule has 2 aromatic rings. The molecular formula is C9H8N2O2S3. The van der Waals surface area contributed by atoms with E-state index in [1.807, 2.05) is 5.38 Å². The van der Waals surface area contributed by atoms with E-state index in [-0.39, 0.29) is 0 Å². The maximum Gasteiger partial charge on any atom is 0.347 e. The van der Waals surface area contributed by atoms with E-state index >= 15 is 0 Å². The van der Waals surface area contributed by atoms with Gasteiger partial charge in [-0.05, 0) is 6.92 Å². The van der Waals surface area contributed by atoms with Crippen molar-refractivity contribution in [2.24, 2.45) is 0 Å². The highest BCUT2D eigenvalue weighted by Gasteiger charge is 2.14. The summed E-state index contributed by atoms with van der Waals surface area (Å²) in [6.07, 6.45) is 0. The molecule has 84 valence electrons. The third kappa shape index (κ3) is 2.60. The van der Waals surface area contributed by atoms with Crippen LogP contribution in [0.1, 0.15) is 21.1 Å². The van der Waals surface area contributed by atoms with Gasteiger partial charge in [0, 0.05) is 11.1 Å². The molecule has 0 saturated heterocycles. The van der Waals surface area contributed by atoms with E-state index in [0.29, 0.717) is 10.6 Å². The van der Waals surface area contributed by atoms with Crippen molar-refractivity contribution < 1.29 is 9.90 Å². The predicted octanol–water partition coefficient (Wildman–Crippen LogP) is 2.90. The number of hydrogen-bond donors (Lipinski definition) is 1. The highest BCUT2D eigenvalue weighted by molar-refractivity contribution is 8.00. The van der Waals surface area contributed by atoms with Gasteiger partial charge < -0.3 is 5.11 Å². The largest absolute Gasteiger partial charge is 0.477 e. The van der Waals surface area contributed by atoms with Crippen LogP contribution in [0.25, 0.3) is 0 Å². The average Bonchev–Trinajstić information content (AvgIpc) is 2.83. The molecule has 0 bridgehead atoms. The topological polar surface area (TPSA) is 63.1 Å². The molecule has 16 heavy (non-hydrogen) atoms. The fourth-order valence-corrected chi connectivity index (χ4v) is 3.67. The number of carboxylic acids is 1. The molecule has 2 heterocycles. The first kappa shape index (κ1) is 11.6. The standard InChI is InChI=1S/C9H8N2O2S3/c1-5-7(8(12)13)16-9(11-5)15-3-6-2-14-4-10-6/h2,4H,3H2,1H3,(H,12,13). The quantitative estimate of drug-likeness (QED) is 0.867. The summed E-state index contributed by atoms with van der Waals surface area (Å²) in [6, 6.07) is 0. The smallest absolute Gasteiger partial charge is 0.347 e. The van der Waals surface area contributed by atoms with Gasteiger partial charge in [-0.1, -0.05) is 11.8 Å². The highest BCUT2D eigenvalue weighted by Crippen LogP contribution is 2.29. The van der Waals surface area contributed by atoms with Crippen molar-refractivity contribution in [3.8, 4) is 0 Å². The number of carbonyl (C=O) groups is 1. The second kappa shape index (κ2) is 4.94. The van der Waals surface area contributed by atoms with Gasteiger partial charge in [-0.25, -0.2) is 14.8 Å². The zero-order valence-corrected chi connectivity index (χ0v) is 10.8. The monoisotopic (exact) mass is 272 g/mol. The van der Waals surface area contributed by atoms with Crippen molar-refractivity contribution in [2.75, 3.05) is 0 Å². The van der Waals surface area contributed by atoms with Gasteiger partial charge in [0.2, 0.25) is 0 Å². The maximum absolute atomic E-state index is 10.8. The Morgan fingerprint density at radius 3 is 3.00 bits per heavy atom. The van der Waals surface area contributed by atoms with Crippen molar-refractivity contribution in [1.29, 1.82) is 0 Å². The lowest BCUT2D eigenvalue weighted by Crippen LogP contribution is -1.94. The van der Waals surface area contributed by atoms with Gasteiger partial charge in [0.1, 0.15) is 4.88 Å². The normalized spacial score (nSPS) is 10.6. The van der Waals surface area contributed by atoms with E-state index in [2.05, 4.69) is 9.97 Å². The summed E-state index contributed by atoms with van der Waals surface area (Å²) in [5.74, 6) is -0.175. The fourth-order valence-electron chi connectivity index (χ4n) is 1.08. The Labute approximate surface area is 104 Å². The molecule has 0 spiro atoms. The molecule has 0 radical (unpaired) electrons. The van der Waals surface area contributed by atoms with E-state index < -0.39 is 5.97 Å². The molecule has 0 atom stereocenters. The summed E-state index contributed by atoms with van der Waals surface area (Å²) >= 11 is 4.29. The van der Waals surface area contributed by atoms with Gasteiger partial charge >= 0.3 is 5.97 Å². The van der Waals surface area contributed by atoms with Gasteiger partial charge in [0.25, 0.3) is 0 Å². The number of aromatic carboxylic acids is 1. The molecule has 1 N–H and O–H groups in total. The number of rotatable bonds is 4. The van der Waals surface area contributed by atoms with Crippen molar-refractivity contribution in [3.05, 3.63) is 27.2 Å². The number of carboxylic acid groups (broad SMARTS) is 1. The van der Waals surface area contributed by atoms with E-state index in [9.17, 15) is 4.79 Å². The molecular weight excluding hydrogens is 264 g/mol. The van der Waals surface area contributed by atoms with Gasteiger partial charge in [-0.15, -0.1) is 22.7 Å². The number of thioether (sulfide) groups is 1. The molecule has 0 aliphatic rings. The first-order valence-corrected chi connectivity index (χ1v) is 7.12. The van der Waals surface area contributed by atoms with E-state index in [0.717, 1.165) is 15.8 Å². The number of nitrogens with zero attached hydrogens (tertiary/aromatic N) is 2. The van der Waals surface area contributed by atoms with Crippen LogP contribution in [-0.2, 0) is 5.75 Å². The van der Waals surface area contributed by atoms with E-state index in [1.165, 1.54) is 23.1 Å². The average molecular weight is 272 g/mol. The van der Waals surface area contributed by atoms with Gasteiger partial charge in [0.05, 0.1) is 16.9 Å². The van der Waals surface area contributed by atoms with Crippen LogP contribution in [0.5, 0.6) is 0 Å². The van der Waals surface area contributed by atoms with Crippen molar-refractivity contribution >= 4 is 40.4 Å². The lowest BCUT2D eigenvalue weighted by molar-refractivity contribution is 0.0701. The SMILES string of the molecule is Cc1nc(SCc2cscn2)sc1C(=O)O. The Kier molecular flexibility index (Phi) is 3.57. The molecule has 0 amide bonds. The molecule has 0 fully saturated rings. The van der Waals surface area contributed by atoms with Crippen LogP contribution in [0.3, 0.4) is 0 Å². The lowest BCUT2D eigenvalue weighted by atomic mass is 10.4. The van der Waals surface area contributed by atoms with Gasteiger partial charge in [-0.3, -0.25) is 0 Å². The third-order valence-corrected chi connectivity index (χ3v) is 4.76. The molecule has 2 rings (SSSR count). The first-order valence-electron chi connectivity index (χ1n) is 4.37. The molecule has 2 aromatic heterocycles. The molecule has 0 unspecified atom stereocenters. The van der Waals surface area contributed by atoms with E-state index in [1.54, 1.807) is 23.8 Å². The molecule has 0 aromatic carbocycles. The molecule has 0 aliphatic heterocycles.